The van der Waals surface area contributed by atoms with Gasteiger partial charge < -0.3 is 10.6 Å². The molecular formula is C10H20N4. The Morgan fingerprint density at radius 2 is 1.86 bits per heavy atom. The van der Waals surface area contributed by atoms with Crippen LogP contribution in [0.4, 0.5) is 0 Å². The summed E-state index contributed by atoms with van der Waals surface area (Å²) in [5.41, 5.74) is 5.53. The summed E-state index contributed by atoms with van der Waals surface area (Å²) in [6.45, 7) is 4.20. The molecule has 0 aromatic carbocycles. The van der Waals surface area contributed by atoms with Crippen LogP contribution in [0.3, 0.4) is 0 Å². The lowest BCUT2D eigenvalue weighted by molar-refractivity contribution is 0.403. The van der Waals surface area contributed by atoms with Crippen molar-refractivity contribution in [2.24, 2.45) is 15.7 Å². The Kier molecular flexibility index (Phi) is 3.13. The first-order valence-electron chi connectivity index (χ1n) is 5.13. The SMILES string of the molecule is CCC1(CC)N=C(N)CC(N(C)C)=N1. The second-order valence-electron chi connectivity index (χ2n) is 3.89. The summed E-state index contributed by atoms with van der Waals surface area (Å²) in [6, 6.07) is 0. The maximum atomic E-state index is 5.83. The number of hydrogen-bond acceptors (Lipinski definition) is 4. The highest BCUT2D eigenvalue weighted by Crippen LogP contribution is 2.26. The van der Waals surface area contributed by atoms with Crippen LogP contribution in [0.2, 0.25) is 0 Å². The van der Waals surface area contributed by atoms with Gasteiger partial charge >= 0.3 is 0 Å². The molecule has 4 heteroatoms. The van der Waals surface area contributed by atoms with Gasteiger partial charge in [0.05, 0.1) is 6.42 Å². The van der Waals surface area contributed by atoms with Crippen LogP contribution in [0.25, 0.3) is 0 Å². The molecule has 0 bridgehead atoms. The molecule has 4 nitrogen and oxygen atoms in total. The third kappa shape index (κ3) is 2.05. The van der Waals surface area contributed by atoms with E-state index in [1.54, 1.807) is 0 Å². The normalized spacial score (nSPS) is 20.0. The van der Waals surface area contributed by atoms with Crippen molar-refractivity contribution in [2.45, 2.75) is 38.8 Å². The molecule has 0 atom stereocenters. The number of amidine groups is 2. The molecule has 0 saturated heterocycles. The minimum absolute atomic E-state index is 0.304. The monoisotopic (exact) mass is 196 g/mol. The lowest BCUT2D eigenvalue weighted by Gasteiger charge is -2.30. The van der Waals surface area contributed by atoms with Crippen molar-refractivity contribution < 1.29 is 0 Å². The smallest absolute Gasteiger partial charge is 0.153 e. The summed E-state index contributed by atoms with van der Waals surface area (Å²) in [4.78, 5) is 11.2. The molecule has 0 spiro atoms. The maximum absolute atomic E-state index is 5.83. The van der Waals surface area contributed by atoms with Gasteiger partial charge in [0.15, 0.2) is 5.66 Å². The second-order valence-corrected chi connectivity index (χ2v) is 3.89. The van der Waals surface area contributed by atoms with Crippen LogP contribution in [0.15, 0.2) is 9.98 Å². The van der Waals surface area contributed by atoms with Gasteiger partial charge in [-0.1, -0.05) is 13.8 Å². The standard InChI is InChI=1S/C10H20N4/c1-5-10(6-2)12-8(11)7-9(13-10)14(3)4/h5-7H2,1-4H3,(H2,11,12). The summed E-state index contributed by atoms with van der Waals surface area (Å²) in [6.07, 6.45) is 2.48. The first kappa shape index (κ1) is 11.0. The van der Waals surface area contributed by atoms with Crippen LogP contribution in [-0.4, -0.2) is 36.3 Å². The second kappa shape index (κ2) is 3.98. The molecule has 0 aliphatic carbocycles. The molecule has 14 heavy (non-hydrogen) atoms. The molecule has 0 aromatic heterocycles. The Morgan fingerprint density at radius 3 is 2.29 bits per heavy atom. The van der Waals surface area contributed by atoms with Crippen molar-refractivity contribution in [3.05, 3.63) is 0 Å². The van der Waals surface area contributed by atoms with Gasteiger partial charge in [-0.05, 0) is 12.8 Å². The average Bonchev–Trinajstić information content (AvgIpc) is 2.16. The van der Waals surface area contributed by atoms with Gasteiger partial charge in [-0.2, -0.15) is 0 Å². The Morgan fingerprint density at radius 1 is 1.29 bits per heavy atom. The van der Waals surface area contributed by atoms with Crippen molar-refractivity contribution in [3.8, 4) is 0 Å². The predicted molar refractivity (Wildman–Crippen MR) is 60.7 cm³/mol. The summed E-state index contributed by atoms with van der Waals surface area (Å²) < 4.78 is 0. The van der Waals surface area contributed by atoms with Gasteiger partial charge in [-0.3, -0.25) is 0 Å². The van der Waals surface area contributed by atoms with Crippen LogP contribution in [0.1, 0.15) is 33.1 Å². The highest BCUT2D eigenvalue weighted by molar-refractivity contribution is 6.03. The Labute approximate surface area is 85.9 Å². The van der Waals surface area contributed by atoms with Crippen LogP contribution in [0.5, 0.6) is 0 Å². The van der Waals surface area contributed by atoms with Crippen molar-refractivity contribution in [2.75, 3.05) is 14.1 Å². The quantitative estimate of drug-likeness (QED) is 0.722. The van der Waals surface area contributed by atoms with Gasteiger partial charge in [-0.25, -0.2) is 9.98 Å². The van der Waals surface area contributed by atoms with E-state index in [0.717, 1.165) is 18.7 Å². The van der Waals surface area contributed by atoms with Gasteiger partial charge in [0.25, 0.3) is 0 Å². The van der Waals surface area contributed by atoms with E-state index in [-0.39, 0.29) is 5.66 Å². The van der Waals surface area contributed by atoms with Crippen molar-refractivity contribution in [1.29, 1.82) is 0 Å². The molecule has 0 unspecified atom stereocenters. The number of nitrogens with two attached hydrogens (primary N) is 1. The van der Waals surface area contributed by atoms with Gasteiger partial charge in [-0.15, -0.1) is 0 Å². The Balaban J connectivity index is 2.99. The van der Waals surface area contributed by atoms with Crippen molar-refractivity contribution in [1.82, 2.24) is 4.90 Å². The van der Waals surface area contributed by atoms with Crippen LogP contribution in [-0.2, 0) is 0 Å². The fourth-order valence-electron chi connectivity index (χ4n) is 1.60. The molecule has 1 aliphatic heterocycles. The highest BCUT2D eigenvalue weighted by Gasteiger charge is 2.29. The lowest BCUT2D eigenvalue weighted by Crippen LogP contribution is -2.39. The summed E-state index contributed by atoms with van der Waals surface area (Å²) in [5.74, 6) is 1.73. The van der Waals surface area contributed by atoms with E-state index in [1.807, 2.05) is 19.0 Å². The third-order valence-corrected chi connectivity index (χ3v) is 2.68. The fraction of sp³-hybridized carbons (Fsp3) is 0.800. The molecule has 1 aliphatic rings. The van der Waals surface area contributed by atoms with E-state index < -0.39 is 0 Å². The zero-order valence-corrected chi connectivity index (χ0v) is 9.54. The van der Waals surface area contributed by atoms with Crippen molar-refractivity contribution >= 4 is 11.7 Å². The topological polar surface area (TPSA) is 54.0 Å². The van der Waals surface area contributed by atoms with Crippen LogP contribution in [0, 0.1) is 0 Å². The molecular weight excluding hydrogens is 176 g/mol. The first-order valence-corrected chi connectivity index (χ1v) is 5.13. The van der Waals surface area contributed by atoms with Gasteiger partial charge in [0, 0.05) is 14.1 Å². The maximum Gasteiger partial charge on any atom is 0.153 e. The lowest BCUT2D eigenvalue weighted by atomic mass is 10.0. The molecule has 80 valence electrons. The van der Waals surface area contributed by atoms with Crippen molar-refractivity contribution in [3.63, 3.8) is 0 Å². The van der Waals surface area contributed by atoms with E-state index in [9.17, 15) is 0 Å². The van der Waals surface area contributed by atoms with E-state index in [1.165, 1.54) is 0 Å². The molecule has 0 fully saturated rings. The summed E-state index contributed by atoms with van der Waals surface area (Å²) in [7, 11) is 3.99. The predicted octanol–water partition coefficient (Wildman–Crippen LogP) is 1.22. The van der Waals surface area contributed by atoms with Crippen LogP contribution < -0.4 is 5.73 Å². The molecule has 0 aromatic rings. The van der Waals surface area contributed by atoms with E-state index in [0.29, 0.717) is 12.3 Å². The fourth-order valence-corrected chi connectivity index (χ4v) is 1.60. The molecule has 0 radical (unpaired) electrons. The molecule has 1 heterocycles. The average molecular weight is 196 g/mol. The highest BCUT2D eigenvalue weighted by atomic mass is 15.2. The zero-order chi connectivity index (χ0) is 10.8. The molecule has 0 saturated carbocycles. The van der Waals surface area contributed by atoms with Crippen LogP contribution >= 0.6 is 0 Å². The third-order valence-electron chi connectivity index (χ3n) is 2.68. The number of rotatable bonds is 2. The number of nitrogens with zero attached hydrogens (tertiary/aromatic N) is 3. The largest absolute Gasteiger partial charge is 0.387 e. The van der Waals surface area contributed by atoms with E-state index >= 15 is 0 Å². The minimum atomic E-state index is -0.304. The minimum Gasteiger partial charge on any atom is -0.387 e. The van der Waals surface area contributed by atoms with E-state index in [2.05, 4.69) is 23.8 Å². The van der Waals surface area contributed by atoms with E-state index in [4.69, 9.17) is 5.73 Å². The molecule has 0 amide bonds. The molecule has 1 rings (SSSR count). The Hall–Kier alpha value is -1.06. The summed E-state index contributed by atoms with van der Waals surface area (Å²) >= 11 is 0. The van der Waals surface area contributed by atoms with Gasteiger partial charge in [0.2, 0.25) is 0 Å². The zero-order valence-electron chi connectivity index (χ0n) is 9.54. The number of aliphatic imine (C=N–C) groups is 2. The number of hydrogen-bond donors (Lipinski definition) is 1. The summed E-state index contributed by atoms with van der Waals surface area (Å²) in [5, 5.41) is 0. The Bertz CT molecular complexity index is 261. The first-order chi connectivity index (χ1) is 6.53. The molecule has 2 N–H and O–H groups in total. The van der Waals surface area contributed by atoms with Gasteiger partial charge in [0.1, 0.15) is 11.7 Å².